The Morgan fingerprint density at radius 1 is 1.42 bits per heavy atom. The average Bonchev–Trinajstić information content (AvgIpc) is 2.31. The summed E-state index contributed by atoms with van der Waals surface area (Å²) in [7, 11) is -3.70. The summed E-state index contributed by atoms with van der Waals surface area (Å²) in [6.45, 7) is 3.72. The van der Waals surface area contributed by atoms with Crippen molar-refractivity contribution in [2.24, 2.45) is 5.92 Å². The molecule has 19 heavy (non-hydrogen) atoms. The molecule has 0 amide bonds. The van der Waals surface area contributed by atoms with Crippen LogP contribution >= 0.6 is 15.9 Å². The fourth-order valence-electron chi connectivity index (χ4n) is 1.67. The molecule has 5 nitrogen and oxygen atoms in total. The fourth-order valence-corrected chi connectivity index (χ4v) is 3.76. The number of nitrogens with one attached hydrogen (secondary N) is 1. The van der Waals surface area contributed by atoms with E-state index in [-0.39, 0.29) is 29.1 Å². The quantitative estimate of drug-likeness (QED) is 0.681. The summed E-state index contributed by atoms with van der Waals surface area (Å²) in [5.41, 5.74) is 5.91. The third-order valence-corrected chi connectivity index (χ3v) is 4.86. The van der Waals surface area contributed by atoms with Crippen LogP contribution in [0.4, 0.5) is 5.69 Å². The SMILES string of the molecule is CC(C)C(CCO)NS(=O)(=O)c1cc(Br)ccc1N. The molecule has 108 valence electrons. The second-order valence-electron chi connectivity index (χ2n) is 4.67. The van der Waals surface area contributed by atoms with E-state index in [1.54, 1.807) is 6.07 Å². The summed E-state index contributed by atoms with van der Waals surface area (Å²) >= 11 is 3.23. The van der Waals surface area contributed by atoms with Crippen molar-refractivity contribution in [3.05, 3.63) is 22.7 Å². The number of benzene rings is 1. The first kappa shape index (κ1) is 16.4. The van der Waals surface area contributed by atoms with Gasteiger partial charge in [-0.2, -0.15) is 0 Å². The molecule has 1 aromatic carbocycles. The van der Waals surface area contributed by atoms with Crippen LogP contribution in [0.1, 0.15) is 20.3 Å². The van der Waals surface area contributed by atoms with E-state index >= 15 is 0 Å². The third kappa shape index (κ3) is 4.45. The van der Waals surface area contributed by atoms with E-state index in [9.17, 15) is 8.42 Å². The molecule has 0 aliphatic carbocycles. The molecule has 0 saturated heterocycles. The fraction of sp³-hybridized carbons (Fsp3) is 0.500. The molecule has 1 aromatic rings. The second kappa shape index (κ2) is 6.69. The van der Waals surface area contributed by atoms with E-state index in [4.69, 9.17) is 10.8 Å². The predicted molar refractivity (Wildman–Crippen MR) is 79.2 cm³/mol. The van der Waals surface area contributed by atoms with Gasteiger partial charge in [0.15, 0.2) is 0 Å². The number of nitrogen functional groups attached to an aromatic ring is 1. The molecular weight excluding hydrogens is 332 g/mol. The van der Waals surface area contributed by atoms with Crippen LogP contribution in [-0.4, -0.2) is 26.2 Å². The number of nitrogens with two attached hydrogens (primary N) is 1. The first-order valence-electron chi connectivity index (χ1n) is 5.96. The van der Waals surface area contributed by atoms with Gasteiger partial charge in [0.1, 0.15) is 4.90 Å². The van der Waals surface area contributed by atoms with Crippen LogP contribution in [0.3, 0.4) is 0 Å². The predicted octanol–water partition coefficient (Wildman–Crippen LogP) is 1.72. The van der Waals surface area contributed by atoms with E-state index < -0.39 is 10.0 Å². The highest BCUT2D eigenvalue weighted by molar-refractivity contribution is 9.10. The Hall–Kier alpha value is -0.630. The van der Waals surface area contributed by atoms with Crippen molar-refractivity contribution in [3.8, 4) is 0 Å². The zero-order chi connectivity index (χ0) is 14.6. The Kier molecular flexibility index (Phi) is 5.79. The third-order valence-electron chi connectivity index (χ3n) is 2.82. The van der Waals surface area contributed by atoms with Gasteiger partial charge in [-0.15, -0.1) is 0 Å². The normalized spacial score (nSPS) is 13.7. The Bertz CT molecular complexity index is 532. The maximum atomic E-state index is 12.3. The lowest BCUT2D eigenvalue weighted by atomic mass is 10.0. The lowest BCUT2D eigenvalue weighted by Gasteiger charge is -2.22. The maximum absolute atomic E-state index is 12.3. The van der Waals surface area contributed by atoms with Gasteiger partial charge < -0.3 is 10.8 Å². The van der Waals surface area contributed by atoms with Gasteiger partial charge in [0.2, 0.25) is 10.0 Å². The maximum Gasteiger partial charge on any atom is 0.242 e. The highest BCUT2D eigenvalue weighted by Gasteiger charge is 2.24. The van der Waals surface area contributed by atoms with Crippen molar-refractivity contribution in [2.45, 2.75) is 31.2 Å². The summed E-state index contributed by atoms with van der Waals surface area (Å²) in [6.07, 6.45) is 0.366. The minimum atomic E-state index is -3.70. The lowest BCUT2D eigenvalue weighted by molar-refractivity contribution is 0.256. The largest absolute Gasteiger partial charge is 0.398 e. The van der Waals surface area contributed by atoms with Crippen molar-refractivity contribution < 1.29 is 13.5 Å². The molecule has 1 rings (SSSR count). The van der Waals surface area contributed by atoms with Gasteiger partial charge in [-0.3, -0.25) is 0 Å². The van der Waals surface area contributed by atoms with E-state index in [0.717, 1.165) is 0 Å². The highest BCUT2D eigenvalue weighted by Crippen LogP contribution is 2.23. The molecule has 0 aliphatic rings. The molecule has 0 radical (unpaired) electrons. The molecule has 0 saturated carbocycles. The highest BCUT2D eigenvalue weighted by atomic mass is 79.9. The minimum Gasteiger partial charge on any atom is -0.398 e. The molecule has 0 fully saturated rings. The Morgan fingerprint density at radius 3 is 2.58 bits per heavy atom. The van der Waals surface area contributed by atoms with E-state index in [2.05, 4.69) is 20.7 Å². The summed E-state index contributed by atoms with van der Waals surface area (Å²) in [6, 6.07) is 4.36. The number of halogens is 1. The van der Waals surface area contributed by atoms with Gasteiger partial charge in [-0.25, -0.2) is 13.1 Å². The van der Waals surface area contributed by atoms with Crippen LogP contribution in [0.25, 0.3) is 0 Å². The van der Waals surface area contributed by atoms with Gasteiger partial charge in [-0.05, 0) is 30.5 Å². The molecule has 0 aromatic heterocycles. The standard InChI is InChI=1S/C12H19BrN2O3S/c1-8(2)11(5-6-16)15-19(17,18)12-7-9(13)3-4-10(12)14/h3-4,7-8,11,15-16H,5-6,14H2,1-2H3. The van der Waals surface area contributed by atoms with Gasteiger partial charge in [0, 0.05) is 17.1 Å². The van der Waals surface area contributed by atoms with E-state index in [0.29, 0.717) is 10.9 Å². The summed E-state index contributed by atoms with van der Waals surface area (Å²) in [4.78, 5) is 0.0467. The second-order valence-corrected chi connectivity index (χ2v) is 7.26. The number of sulfonamides is 1. The van der Waals surface area contributed by atoms with Crippen LogP contribution in [0.5, 0.6) is 0 Å². The number of aliphatic hydroxyl groups is 1. The van der Waals surface area contributed by atoms with Crippen molar-refractivity contribution in [3.63, 3.8) is 0 Å². The Morgan fingerprint density at radius 2 is 2.05 bits per heavy atom. The molecule has 0 heterocycles. The average molecular weight is 351 g/mol. The lowest BCUT2D eigenvalue weighted by Crippen LogP contribution is -2.39. The number of hydrogen-bond donors (Lipinski definition) is 3. The molecule has 7 heteroatoms. The summed E-state index contributed by atoms with van der Waals surface area (Å²) < 4.78 is 27.8. The number of anilines is 1. The molecule has 4 N–H and O–H groups in total. The Balaban J connectivity index is 3.06. The van der Waals surface area contributed by atoms with Crippen molar-refractivity contribution >= 4 is 31.6 Å². The van der Waals surface area contributed by atoms with Crippen LogP contribution < -0.4 is 10.5 Å². The molecule has 1 unspecified atom stereocenters. The van der Waals surface area contributed by atoms with Gasteiger partial charge in [0.05, 0.1) is 5.69 Å². The molecule has 1 atom stereocenters. The summed E-state index contributed by atoms with van der Waals surface area (Å²) in [5, 5.41) is 8.98. The van der Waals surface area contributed by atoms with Crippen LogP contribution in [-0.2, 0) is 10.0 Å². The van der Waals surface area contributed by atoms with Gasteiger partial charge in [0.25, 0.3) is 0 Å². The van der Waals surface area contributed by atoms with Gasteiger partial charge in [-0.1, -0.05) is 29.8 Å². The van der Waals surface area contributed by atoms with Crippen LogP contribution in [0.2, 0.25) is 0 Å². The van der Waals surface area contributed by atoms with Crippen molar-refractivity contribution in [1.82, 2.24) is 4.72 Å². The smallest absolute Gasteiger partial charge is 0.242 e. The first-order chi connectivity index (χ1) is 8.77. The summed E-state index contributed by atoms with van der Waals surface area (Å²) in [5.74, 6) is 0.0790. The molecule has 0 spiro atoms. The number of hydrogen-bond acceptors (Lipinski definition) is 4. The number of aliphatic hydroxyl groups excluding tert-OH is 1. The van der Waals surface area contributed by atoms with E-state index in [1.165, 1.54) is 12.1 Å². The monoisotopic (exact) mass is 350 g/mol. The zero-order valence-electron chi connectivity index (χ0n) is 10.9. The first-order valence-corrected chi connectivity index (χ1v) is 8.23. The molecule has 0 bridgehead atoms. The van der Waals surface area contributed by atoms with E-state index in [1.807, 2.05) is 13.8 Å². The van der Waals surface area contributed by atoms with Crippen molar-refractivity contribution in [2.75, 3.05) is 12.3 Å². The topological polar surface area (TPSA) is 92.4 Å². The van der Waals surface area contributed by atoms with Crippen molar-refractivity contribution in [1.29, 1.82) is 0 Å². The zero-order valence-corrected chi connectivity index (χ0v) is 13.3. The molecular formula is C12H19BrN2O3S. The Labute approximate surface area is 122 Å². The molecule has 0 aliphatic heterocycles. The minimum absolute atomic E-state index is 0.0467. The van der Waals surface area contributed by atoms with Crippen LogP contribution in [0, 0.1) is 5.92 Å². The van der Waals surface area contributed by atoms with Crippen LogP contribution in [0.15, 0.2) is 27.6 Å². The van der Waals surface area contributed by atoms with Gasteiger partial charge >= 0.3 is 0 Å². The number of rotatable bonds is 6.